The van der Waals surface area contributed by atoms with Crippen LogP contribution in [-0.4, -0.2) is 34.2 Å². The van der Waals surface area contributed by atoms with E-state index in [-0.39, 0.29) is 17.0 Å². The second kappa shape index (κ2) is 7.19. The van der Waals surface area contributed by atoms with Gasteiger partial charge in [0.25, 0.3) is 0 Å². The van der Waals surface area contributed by atoms with Gasteiger partial charge in [0.15, 0.2) is 0 Å². The molecule has 5 nitrogen and oxygen atoms in total. The van der Waals surface area contributed by atoms with Crippen LogP contribution >= 0.6 is 15.9 Å². The lowest BCUT2D eigenvalue weighted by molar-refractivity contribution is 0.0173. The lowest BCUT2D eigenvalue weighted by Gasteiger charge is -2.27. The van der Waals surface area contributed by atoms with Crippen molar-refractivity contribution in [2.45, 2.75) is 43.4 Å². The van der Waals surface area contributed by atoms with E-state index in [1.54, 1.807) is 6.07 Å². The second-order valence-corrected chi connectivity index (χ2v) is 7.86. The number of halogens is 1. The number of nitrogens with one attached hydrogen (secondary N) is 2. The zero-order valence-corrected chi connectivity index (χ0v) is 14.6. The van der Waals surface area contributed by atoms with Gasteiger partial charge in [0, 0.05) is 23.7 Å². The molecule has 118 valence electrons. The Morgan fingerprint density at radius 3 is 2.81 bits per heavy atom. The van der Waals surface area contributed by atoms with E-state index in [1.807, 2.05) is 26.1 Å². The van der Waals surface area contributed by atoms with Crippen LogP contribution in [0.3, 0.4) is 0 Å². The molecular formula is C14H21BrN2O3S. The molecule has 0 saturated carbocycles. The molecule has 1 aromatic rings. The van der Waals surface area contributed by atoms with Crippen LogP contribution in [0.4, 0.5) is 0 Å². The average Bonchev–Trinajstić information content (AvgIpc) is 2.38. The van der Waals surface area contributed by atoms with Gasteiger partial charge in [0.1, 0.15) is 0 Å². The summed E-state index contributed by atoms with van der Waals surface area (Å²) in [5, 5.41) is 3.04. The smallest absolute Gasteiger partial charge is 0.241 e. The normalized spacial score (nSPS) is 23.2. The fourth-order valence-electron chi connectivity index (χ4n) is 2.46. The Hall–Kier alpha value is -0.470. The third-order valence-electron chi connectivity index (χ3n) is 3.47. The summed E-state index contributed by atoms with van der Waals surface area (Å²) in [6.45, 7) is 3.25. The van der Waals surface area contributed by atoms with E-state index in [1.165, 1.54) is 0 Å². The van der Waals surface area contributed by atoms with Gasteiger partial charge in [-0.15, -0.1) is 0 Å². The molecule has 1 fully saturated rings. The average molecular weight is 377 g/mol. The first kappa shape index (κ1) is 16.9. The van der Waals surface area contributed by atoms with Crippen molar-refractivity contribution in [3.05, 3.63) is 28.2 Å². The van der Waals surface area contributed by atoms with E-state index in [4.69, 9.17) is 4.74 Å². The fourth-order valence-corrected chi connectivity index (χ4v) is 4.87. The molecule has 21 heavy (non-hydrogen) atoms. The minimum Gasteiger partial charge on any atom is -0.378 e. The van der Waals surface area contributed by atoms with Gasteiger partial charge < -0.3 is 10.1 Å². The van der Waals surface area contributed by atoms with Crippen LogP contribution in [-0.2, 0) is 21.3 Å². The first-order valence-electron chi connectivity index (χ1n) is 6.99. The topological polar surface area (TPSA) is 67.4 Å². The van der Waals surface area contributed by atoms with Crippen molar-refractivity contribution in [3.8, 4) is 0 Å². The lowest BCUT2D eigenvalue weighted by Crippen LogP contribution is -2.41. The van der Waals surface area contributed by atoms with Crippen molar-refractivity contribution in [2.24, 2.45) is 0 Å². The van der Waals surface area contributed by atoms with Crippen LogP contribution in [0.5, 0.6) is 0 Å². The van der Waals surface area contributed by atoms with Gasteiger partial charge in [0.2, 0.25) is 10.0 Å². The molecule has 1 aliphatic rings. The Labute approximate surface area is 134 Å². The van der Waals surface area contributed by atoms with Crippen LogP contribution in [0.15, 0.2) is 27.6 Å². The highest BCUT2D eigenvalue weighted by atomic mass is 79.9. The highest BCUT2D eigenvalue weighted by Gasteiger charge is 2.26. The van der Waals surface area contributed by atoms with Gasteiger partial charge in [-0.25, -0.2) is 13.1 Å². The van der Waals surface area contributed by atoms with Gasteiger partial charge in [-0.1, -0.05) is 6.07 Å². The summed E-state index contributed by atoms with van der Waals surface area (Å²) in [6, 6.07) is 5.23. The van der Waals surface area contributed by atoms with E-state index in [9.17, 15) is 8.42 Å². The molecule has 7 heteroatoms. The standard InChI is InChI=1S/C14H21BrN2O3S/c1-10-7-12(5-6-20-10)17-21(18,19)14-4-3-11(9-16-2)8-13(14)15/h3-4,8,10,12,16-17H,5-7,9H2,1-2H3. The molecule has 1 heterocycles. The van der Waals surface area contributed by atoms with Crippen molar-refractivity contribution < 1.29 is 13.2 Å². The zero-order valence-electron chi connectivity index (χ0n) is 12.2. The summed E-state index contributed by atoms with van der Waals surface area (Å²) >= 11 is 3.36. The monoisotopic (exact) mass is 376 g/mol. The van der Waals surface area contributed by atoms with Crippen LogP contribution < -0.4 is 10.0 Å². The largest absolute Gasteiger partial charge is 0.378 e. The SMILES string of the molecule is CNCc1ccc(S(=O)(=O)NC2CCOC(C)C2)c(Br)c1. The van der Waals surface area contributed by atoms with Gasteiger partial charge in [-0.05, 0) is 60.4 Å². The summed E-state index contributed by atoms with van der Waals surface area (Å²) in [7, 11) is -1.66. The van der Waals surface area contributed by atoms with Crippen LogP contribution in [0.2, 0.25) is 0 Å². The second-order valence-electron chi connectivity index (χ2n) is 5.32. The maximum atomic E-state index is 12.5. The van der Waals surface area contributed by atoms with Gasteiger partial charge in [0.05, 0.1) is 11.0 Å². The molecule has 2 atom stereocenters. The summed E-state index contributed by atoms with van der Waals surface area (Å²) in [5.41, 5.74) is 1.03. The van der Waals surface area contributed by atoms with Gasteiger partial charge >= 0.3 is 0 Å². The summed E-state index contributed by atoms with van der Waals surface area (Å²) in [5.74, 6) is 0. The molecule has 0 aromatic heterocycles. The molecule has 1 aliphatic heterocycles. The van der Waals surface area contributed by atoms with E-state index in [2.05, 4.69) is 26.0 Å². The Morgan fingerprint density at radius 1 is 1.43 bits per heavy atom. The molecule has 0 aliphatic carbocycles. The molecule has 2 N–H and O–H groups in total. The molecule has 1 saturated heterocycles. The Balaban J connectivity index is 2.15. The van der Waals surface area contributed by atoms with Crippen molar-refractivity contribution in [1.29, 1.82) is 0 Å². The van der Waals surface area contributed by atoms with E-state index in [0.717, 1.165) is 5.56 Å². The van der Waals surface area contributed by atoms with Crippen molar-refractivity contribution in [1.82, 2.24) is 10.0 Å². The molecular weight excluding hydrogens is 356 g/mol. The quantitative estimate of drug-likeness (QED) is 0.824. The highest BCUT2D eigenvalue weighted by Crippen LogP contribution is 2.24. The predicted octanol–water partition coefficient (Wildman–Crippen LogP) is 2.01. The summed E-state index contributed by atoms with van der Waals surface area (Å²) in [6.07, 6.45) is 1.50. The Morgan fingerprint density at radius 2 is 2.19 bits per heavy atom. The first-order valence-corrected chi connectivity index (χ1v) is 9.27. The van der Waals surface area contributed by atoms with E-state index < -0.39 is 10.0 Å². The fraction of sp³-hybridized carbons (Fsp3) is 0.571. The summed E-state index contributed by atoms with van der Waals surface area (Å²) in [4.78, 5) is 0.279. The third kappa shape index (κ3) is 4.50. The zero-order chi connectivity index (χ0) is 15.5. The van der Waals surface area contributed by atoms with Crippen molar-refractivity contribution >= 4 is 26.0 Å². The van der Waals surface area contributed by atoms with Crippen LogP contribution in [0.25, 0.3) is 0 Å². The number of benzene rings is 1. The number of hydrogen-bond donors (Lipinski definition) is 2. The predicted molar refractivity (Wildman–Crippen MR) is 85.7 cm³/mol. The highest BCUT2D eigenvalue weighted by molar-refractivity contribution is 9.10. The minimum absolute atomic E-state index is 0.0670. The first-order chi connectivity index (χ1) is 9.92. The van der Waals surface area contributed by atoms with Crippen LogP contribution in [0, 0.1) is 0 Å². The number of sulfonamides is 1. The summed E-state index contributed by atoms with van der Waals surface area (Å²) < 4.78 is 33.8. The molecule has 0 spiro atoms. The van der Waals surface area contributed by atoms with E-state index in [0.29, 0.717) is 30.5 Å². The lowest BCUT2D eigenvalue weighted by atomic mass is 10.1. The van der Waals surface area contributed by atoms with Gasteiger partial charge in [-0.3, -0.25) is 0 Å². The molecule has 0 radical (unpaired) electrons. The molecule has 1 aromatic carbocycles. The molecule has 2 unspecified atom stereocenters. The number of ether oxygens (including phenoxy) is 1. The maximum Gasteiger partial charge on any atom is 0.241 e. The third-order valence-corrected chi connectivity index (χ3v) is 5.97. The van der Waals surface area contributed by atoms with Crippen molar-refractivity contribution in [3.63, 3.8) is 0 Å². The van der Waals surface area contributed by atoms with Crippen molar-refractivity contribution in [2.75, 3.05) is 13.7 Å². The van der Waals surface area contributed by atoms with Crippen LogP contribution in [0.1, 0.15) is 25.3 Å². The molecule has 0 bridgehead atoms. The molecule has 2 rings (SSSR count). The number of hydrogen-bond acceptors (Lipinski definition) is 4. The minimum atomic E-state index is -3.52. The molecule has 0 amide bonds. The number of rotatable bonds is 5. The van der Waals surface area contributed by atoms with Gasteiger partial charge in [-0.2, -0.15) is 0 Å². The van der Waals surface area contributed by atoms with E-state index >= 15 is 0 Å². The Bertz CT molecular complexity index is 592. The maximum absolute atomic E-state index is 12.5. The Kier molecular flexibility index (Phi) is 5.79.